The van der Waals surface area contributed by atoms with E-state index >= 15 is 0 Å². The summed E-state index contributed by atoms with van der Waals surface area (Å²) in [5, 5.41) is 4.54. The van der Waals surface area contributed by atoms with E-state index in [1.54, 1.807) is 19.1 Å². The zero-order valence-electron chi connectivity index (χ0n) is 31.6. The van der Waals surface area contributed by atoms with Crippen molar-refractivity contribution in [2.24, 2.45) is 5.92 Å². The molecule has 2 bridgehead atoms. The Kier molecular flexibility index (Phi) is 11.0. The van der Waals surface area contributed by atoms with Gasteiger partial charge in [-0.1, -0.05) is 49.2 Å². The van der Waals surface area contributed by atoms with Gasteiger partial charge in [-0.2, -0.15) is 0 Å². The van der Waals surface area contributed by atoms with Crippen LogP contribution >= 0.6 is 11.9 Å². The Morgan fingerprint density at radius 2 is 1.89 bits per heavy atom. The maximum absolute atomic E-state index is 13.9. The highest BCUT2D eigenvalue weighted by atomic mass is 32.2. The van der Waals surface area contributed by atoms with Gasteiger partial charge in [0, 0.05) is 54.0 Å². The SMILES string of the molecule is CCC(C)N(SC)c1ccc2cc(-c3nc4cc(C(=O)N5C6CCC5C(NC)C6)cc(OC)n4c3C)n(CC3CC3)c2n1.O=COCc1ccccc1. The zero-order valence-corrected chi connectivity index (χ0v) is 32.4. The Hall–Kier alpha value is -4.55. The van der Waals surface area contributed by atoms with Gasteiger partial charge in [-0.15, -0.1) is 0 Å². The van der Waals surface area contributed by atoms with Crippen LogP contribution in [0.3, 0.4) is 0 Å². The molecule has 3 fully saturated rings. The average molecular weight is 738 g/mol. The maximum atomic E-state index is 13.9. The van der Waals surface area contributed by atoms with Crippen LogP contribution in [-0.4, -0.2) is 80.8 Å². The summed E-state index contributed by atoms with van der Waals surface area (Å²) in [6.07, 6.45) is 8.82. The molecule has 4 aromatic heterocycles. The largest absolute Gasteiger partial charge is 0.482 e. The van der Waals surface area contributed by atoms with E-state index in [9.17, 15) is 9.59 Å². The van der Waals surface area contributed by atoms with Crippen LogP contribution < -0.4 is 14.4 Å². The molecule has 3 aliphatic rings. The molecule has 6 heterocycles. The number of carbonyl (C=O) groups excluding carboxylic acids is 2. The molecule has 0 radical (unpaired) electrons. The van der Waals surface area contributed by atoms with E-state index in [2.05, 4.69) is 69.1 Å². The molecule has 8 rings (SSSR count). The Balaban J connectivity index is 0.000000379. The second kappa shape index (κ2) is 15.8. The van der Waals surface area contributed by atoms with Crippen molar-refractivity contribution < 1.29 is 19.1 Å². The number of nitrogens with one attached hydrogen (secondary N) is 1. The number of fused-ring (bicyclic) bond motifs is 4. The number of hydrogen-bond acceptors (Lipinski definition) is 9. The van der Waals surface area contributed by atoms with Crippen molar-refractivity contribution in [3.8, 4) is 17.3 Å². The van der Waals surface area contributed by atoms with Gasteiger partial charge in [0.1, 0.15) is 29.4 Å². The maximum Gasteiger partial charge on any atom is 0.293 e. The highest BCUT2D eigenvalue weighted by Gasteiger charge is 2.48. The number of amides is 1. The zero-order chi connectivity index (χ0) is 37.2. The third-order valence-electron chi connectivity index (χ3n) is 11.2. The number of aromatic nitrogens is 4. The lowest BCUT2D eigenvalue weighted by molar-refractivity contribution is -0.129. The first-order chi connectivity index (χ1) is 25.8. The molecule has 53 heavy (non-hydrogen) atoms. The minimum Gasteiger partial charge on any atom is -0.482 e. The fourth-order valence-corrected chi connectivity index (χ4v) is 8.90. The summed E-state index contributed by atoms with van der Waals surface area (Å²) in [6, 6.07) is 21.2. The molecule has 11 nitrogen and oxygen atoms in total. The molecule has 280 valence electrons. The number of aryl methyl sites for hydroxylation is 1. The van der Waals surface area contributed by atoms with Gasteiger partial charge >= 0.3 is 0 Å². The van der Waals surface area contributed by atoms with Crippen LogP contribution in [0.2, 0.25) is 0 Å². The molecule has 1 N–H and O–H groups in total. The average Bonchev–Trinajstić information content (AvgIpc) is 3.49. The number of likely N-dealkylation sites (N-methyl/N-ethyl adjacent to an activating group) is 1. The number of benzene rings is 1. The molecule has 2 saturated heterocycles. The van der Waals surface area contributed by atoms with Gasteiger partial charge in [0.2, 0.25) is 0 Å². The van der Waals surface area contributed by atoms with Crippen LogP contribution in [0.25, 0.3) is 28.1 Å². The van der Waals surface area contributed by atoms with Crippen LogP contribution in [0, 0.1) is 12.8 Å². The monoisotopic (exact) mass is 737 g/mol. The van der Waals surface area contributed by atoms with Gasteiger partial charge in [-0.05, 0) is 95.2 Å². The number of imidazole rings is 1. The number of ether oxygens (including phenoxy) is 2. The summed E-state index contributed by atoms with van der Waals surface area (Å²) in [6.45, 7) is 8.30. The molecule has 1 aliphatic carbocycles. The summed E-state index contributed by atoms with van der Waals surface area (Å²) in [5.74, 6) is 2.36. The van der Waals surface area contributed by atoms with Crippen LogP contribution in [-0.2, 0) is 22.7 Å². The third kappa shape index (κ3) is 7.23. The molecule has 4 atom stereocenters. The van der Waals surface area contributed by atoms with Gasteiger partial charge in [0.25, 0.3) is 12.4 Å². The van der Waals surface area contributed by atoms with Crippen molar-refractivity contribution in [1.29, 1.82) is 0 Å². The van der Waals surface area contributed by atoms with E-state index in [0.717, 1.165) is 77.4 Å². The van der Waals surface area contributed by atoms with E-state index < -0.39 is 0 Å². The predicted octanol–water partition coefficient (Wildman–Crippen LogP) is 7.29. The quantitative estimate of drug-likeness (QED) is 0.0986. The normalized spacial score (nSPS) is 19.7. The van der Waals surface area contributed by atoms with Crippen molar-refractivity contribution in [3.05, 3.63) is 77.5 Å². The second-order valence-electron chi connectivity index (χ2n) is 14.5. The number of carbonyl (C=O) groups is 2. The van der Waals surface area contributed by atoms with E-state index in [0.29, 0.717) is 48.6 Å². The molecule has 2 aliphatic heterocycles. The van der Waals surface area contributed by atoms with Crippen molar-refractivity contribution in [2.75, 3.05) is 24.7 Å². The van der Waals surface area contributed by atoms with Crippen molar-refractivity contribution in [3.63, 3.8) is 0 Å². The van der Waals surface area contributed by atoms with Crippen molar-refractivity contribution >= 4 is 46.8 Å². The second-order valence-corrected chi connectivity index (χ2v) is 15.3. The van der Waals surface area contributed by atoms with Gasteiger partial charge in [0.05, 0.1) is 18.5 Å². The van der Waals surface area contributed by atoms with E-state index in [4.69, 9.17) is 14.7 Å². The summed E-state index contributed by atoms with van der Waals surface area (Å²) < 4.78 is 17.1. The van der Waals surface area contributed by atoms with Crippen molar-refractivity contribution in [2.45, 2.75) is 96.6 Å². The smallest absolute Gasteiger partial charge is 0.293 e. The lowest BCUT2D eigenvalue weighted by atomic mass is 9.96. The molecule has 4 unspecified atom stereocenters. The number of anilines is 1. The number of rotatable bonds is 13. The van der Waals surface area contributed by atoms with Crippen LogP contribution in [0.15, 0.2) is 60.7 Å². The fourth-order valence-electron chi connectivity index (χ4n) is 8.11. The minimum atomic E-state index is 0.0764. The first kappa shape index (κ1) is 36.8. The molecule has 5 aromatic rings. The Bertz CT molecular complexity index is 2080. The van der Waals surface area contributed by atoms with Crippen LogP contribution in [0.5, 0.6) is 5.88 Å². The number of pyridine rings is 2. The molecule has 1 amide bonds. The standard InChI is InChI=1S/C33H43N7O2S.C8H8O2/c1-7-19(2)40(43-6)28-13-10-22-14-27(37(32(22)36-28)18-21-8-9-21)31-20(3)38-29(35-31)15-23(16-30(38)42-5)33(41)39-24-11-12-26(39)25(17-24)34-4;9-7-10-6-8-4-2-1-3-5-8/h10,13-16,19,21,24-26,34H,7-9,11-12,17-18H2,1-6H3;1-5,7H,6H2. The lowest BCUT2D eigenvalue weighted by Crippen LogP contribution is -2.41. The number of methoxy groups -OCH3 is 1. The van der Waals surface area contributed by atoms with Crippen LogP contribution in [0.1, 0.15) is 74.0 Å². The first-order valence-corrected chi connectivity index (χ1v) is 20.0. The fraction of sp³-hybridized carbons (Fsp3) is 0.463. The molecular weight excluding hydrogens is 687 g/mol. The summed E-state index contributed by atoms with van der Waals surface area (Å²) in [5.41, 5.74) is 6.35. The highest BCUT2D eigenvalue weighted by molar-refractivity contribution is 8.00. The summed E-state index contributed by atoms with van der Waals surface area (Å²) in [7, 11) is 3.67. The molecule has 0 spiro atoms. The Morgan fingerprint density at radius 3 is 2.55 bits per heavy atom. The van der Waals surface area contributed by atoms with E-state index in [-0.39, 0.29) is 11.9 Å². The minimum absolute atomic E-state index is 0.0764. The van der Waals surface area contributed by atoms with Gasteiger partial charge in [0.15, 0.2) is 5.88 Å². The molecular formula is C41H51N7O4S. The van der Waals surface area contributed by atoms with E-state index in [1.807, 2.05) is 53.9 Å². The molecule has 1 aromatic carbocycles. The predicted molar refractivity (Wildman–Crippen MR) is 211 cm³/mol. The lowest BCUT2D eigenvalue weighted by Gasteiger charge is -2.26. The summed E-state index contributed by atoms with van der Waals surface area (Å²) in [4.78, 5) is 36.2. The topological polar surface area (TPSA) is 106 Å². The van der Waals surface area contributed by atoms with Gasteiger partial charge < -0.3 is 24.3 Å². The van der Waals surface area contributed by atoms with Crippen molar-refractivity contribution in [1.82, 2.24) is 29.2 Å². The van der Waals surface area contributed by atoms with E-state index in [1.165, 1.54) is 12.8 Å². The number of nitrogens with zero attached hydrogens (tertiary/aromatic N) is 6. The summed E-state index contributed by atoms with van der Waals surface area (Å²) >= 11 is 1.72. The highest BCUT2D eigenvalue weighted by Crippen LogP contribution is 2.41. The molecule has 12 heteroatoms. The third-order valence-corrected chi connectivity index (χ3v) is 12.1. The van der Waals surface area contributed by atoms with Gasteiger partial charge in [-0.25, -0.2) is 9.97 Å². The Labute approximate surface area is 316 Å². The molecule has 1 saturated carbocycles. The number of hydrogen-bond donors (Lipinski definition) is 1. The van der Waals surface area contributed by atoms with Gasteiger partial charge in [-0.3, -0.25) is 18.3 Å². The first-order valence-electron chi connectivity index (χ1n) is 18.8. The van der Waals surface area contributed by atoms with Crippen LogP contribution in [0.4, 0.5) is 5.82 Å². The Morgan fingerprint density at radius 1 is 1.09 bits per heavy atom.